The van der Waals surface area contributed by atoms with Crippen molar-refractivity contribution in [2.24, 2.45) is 10.7 Å². The molecule has 2 aliphatic heterocycles. The number of anilines is 2. The van der Waals surface area contributed by atoms with Crippen LogP contribution in [0.2, 0.25) is 5.02 Å². The molecule has 1 amide bonds. The number of aliphatic imine (C=N–C) groups is 1. The van der Waals surface area contributed by atoms with Crippen molar-refractivity contribution in [3.05, 3.63) is 83.4 Å². The van der Waals surface area contributed by atoms with Crippen LogP contribution in [0.1, 0.15) is 31.7 Å². The van der Waals surface area contributed by atoms with Gasteiger partial charge in [-0.25, -0.2) is 4.99 Å². The first-order valence-electron chi connectivity index (χ1n) is 11.9. The lowest BCUT2D eigenvalue weighted by Gasteiger charge is -2.40. The molecule has 0 aromatic heterocycles. The number of nitrogens with one attached hydrogen (secondary N) is 1. The number of hydrogen-bond donors (Lipinski definition) is 2. The highest BCUT2D eigenvalue weighted by atomic mass is 35.5. The van der Waals surface area contributed by atoms with Gasteiger partial charge < -0.3 is 15.8 Å². The predicted octanol–water partition coefficient (Wildman–Crippen LogP) is 5.69. The second kappa shape index (κ2) is 9.72. The molecule has 0 radical (unpaired) electrons. The maximum absolute atomic E-state index is 13.2. The lowest BCUT2D eigenvalue weighted by molar-refractivity contribution is -0.132. The van der Waals surface area contributed by atoms with E-state index in [-0.39, 0.29) is 24.3 Å². The summed E-state index contributed by atoms with van der Waals surface area (Å²) in [6.07, 6.45) is 1.74. The van der Waals surface area contributed by atoms with Gasteiger partial charge in [-0.2, -0.15) is 0 Å². The molecule has 3 aromatic carbocycles. The maximum atomic E-state index is 13.2. The Kier molecular flexibility index (Phi) is 6.50. The number of halogens is 1. The van der Waals surface area contributed by atoms with Crippen LogP contribution < -0.4 is 11.1 Å². The van der Waals surface area contributed by atoms with Gasteiger partial charge in [0.1, 0.15) is 0 Å². The molecule has 7 heteroatoms. The maximum Gasteiger partial charge on any atom is 0.232 e. The molecule has 3 aromatic rings. The van der Waals surface area contributed by atoms with E-state index in [2.05, 4.69) is 29.6 Å². The fraction of sp³-hybridized carbons (Fsp3) is 0.286. The minimum atomic E-state index is -0.839. The minimum absolute atomic E-state index is 0.0298. The van der Waals surface area contributed by atoms with E-state index >= 15 is 0 Å². The lowest BCUT2D eigenvalue weighted by atomic mass is 9.86. The van der Waals surface area contributed by atoms with Crippen LogP contribution in [0, 0.1) is 0 Å². The summed E-state index contributed by atoms with van der Waals surface area (Å²) in [6, 6.07) is 24.2. The van der Waals surface area contributed by atoms with Crippen LogP contribution in [0.15, 0.2) is 77.8 Å². The third kappa shape index (κ3) is 4.77. The molecule has 0 aliphatic carbocycles. The van der Waals surface area contributed by atoms with E-state index in [1.54, 1.807) is 4.90 Å². The topological polar surface area (TPSA) is 80.0 Å². The molecule has 0 spiro atoms. The Morgan fingerprint density at radius 2 is 1.69 bits per heavy atom. The summed E-state index contributed by atoms with van der Waals surface area (Å²) >= 11 is 6.88. The van der Waals surface area contributed by atoms with Gasteiger partial charge >= 0.3 is 0 Å². The predicted molar refractivity (Wildman–Crippen MR) is 141 cm³/mol. The average molecular weight is 489 g/mol. The number of hydrogen-bond acceptors (Lipinski definition) is 5. The number of guanidine groups is 1. The molecule has 1 saturated heterocycles. The Morgan fingerprint density at radius 1 is 1.00 bits per heavy atom. The largest absolute Gasteiger partial charge is 0.381 e. The standard InChI is InChI=1S/C28H29ClN4O2/c1-28(18-25(34)33(27(30)32-28)22-14-16-35-17-15-22)23-8-5-9-24(26(23)29)31-21-12-10-20(11-13-21)19-6-3-2-4-7-19/h2-13,22,31H,14-18H2,1H3,(H2,30,32)/t28-/m0/s1. The van der Waals surface area contributed by atoms with Gasteiger partial charge in [-0.1, -0.05) is 66.2 Å². The van der Waals surface area contributed by atoms with Crippen molar-refractivity contribution >= 4 is 34.8 Å². The van der Waals surface area contributed by atoms with Crippen molar-refractivity contribution in [2.75, 3.05) is 18.5 Å². The monoisotopic (exact) mass is 488 g/mol. The highest BCUT2D eigenvalue weighted by Crippen LogP contribution is 2.41. The van der Waals surface area contributed by atoms with E-state index in [4.69, 9.17) is 27.1 Å². The summed E-state index contributed by atoms with van der Waals surface area (Å²) in [5, 5.41) is 3.94. The van der Waals surface area contributed by atoms with E-state index in [1.165, 1.54) is 5.56 Å². The van der Waals surface area contributed by atoms with E-state index in [1.807, 2.05) is 55.5 Å². The van der Waals surface area contributed by atoms with Gasteiger partial charge in [0.2, 0.25) is 5.91 Å². The van der Waals surface area contributed by atoms with Crippen LogP contribution in [0.3, 0.4) is 0 Å². The fourth-order valence-electron chi connectivity index (χ4n) is 4.92. The molecule has 0 saturated carbocycles. The molecule has 180 valence electrons. The van der Waals surface area contributed by atoms with Crippen molar-refractivity contribution in [3.8, 4) is 11.1 Å². The minimum Gasteiger partial charge on any atom is -0.381 e. The molecule has 5 rings (SSSR count). The van der Waals surface area contributed by atoms with E-state index < -0.39 is 5.54 Å². The third-order valence-corrected chi connectivity index (χ3v) is 7.19. The first-order valence-corrected chi connectivity index (χ1v) is 12.3. The molecule has 0 unspecified atom stereocenters. The number of nitrogens with zero attached hydrogens (tertiary/aromatic N) is 2. The van der Waals surface area contributed by atoms with Gasteiger partial charge in [0, 0.05) is 30.5 Å². The summed E-state index contributed by atoms with van der Waals surface area (Å²) in [5.41, 5.74) is 10.3. The molecular weight excluding hydrogens is 460 g/mol. The van der Waals surface area contributed by atoms with Crippen molar-refractivity contribution in [2.45, 2.75) is 37.8 Å². The normalized spacial score (nSPS) is 21.0. The Hall–Kier alpha value is -3.35. The van der Waals surface area contributed by atoms with Crippen LogP contribution in [0.25, 0.3) is 11.1 Å². The molecule has 1 fully saturated rings. The first-order chi connectivity index (χ1) is 16.9. The number of carbonyl (C=O) groups excluding carboxylic acids is 1. The zero-order chi connectivity index (χ0) is 24.4. The van der Waals surface area contributed by atoms with Crippen LogP contribution in [0.5, 0.6) is 0 Å². The SMILES string of the molecule is C[C@@]1(c2cccc(Nc3ccc(-c4ccccc4)cc3)c2Cl)CC(=O)N(C2CCOCC2)C(N)=N1. The fourth-order valence-corrected chi connectivity index (χ4v) is 5.30. The summed E-state index contributed by atoms with van der Waals surface area (Å²) in [5.74, 6) is 0.222. The molecule has 6 nitrogen and oxygen atoms in total. The van der Waals surface area contributed by atoms with Crippen LogP contribution in [-0.2, 0) is 15.1 Å². The van der Waals surface area contributed by atoms with Gasteiger partial charge in [-0.15, -0.1) is 0 Å². The van der Waals surface area contributed by atoms with E-state index in [0.717, 1.165) is 35.3 Å². The number of nitrogens with two attached hydrogens (primary N) is 1. The van der Waals surface area contributed by atoms with Gasteiger partial charge in [0.05, 0.1) is 22.7 Å². The van der Waals surface area contributed by atoms with Crippen molar-refractivity contribution < 1.29 is 9.53 Å². The summed E-state index contributed by atoms with van der Waals surface area (Å²) in [4.78, 5) is 19.6. The number of carbonyl (C=O) groups is 1. The smallest absolute Gasteiger partial charge is 0.232 e. The molecule has 1 atom stereocenters. The Labute approximate surface area is 210 Å². The van der Waals surface area contributed by atoms with Gasteiger partial charge in [0.15, 0.2) is 5.96 Å². The molecule has 2 aliphatic rings. The molecule has 35 heavy (non-hydrogen) atoms. The van der Waals surface area contributed by atoms with E-state index in [0.29, 0.717) is 18.2 Å². The number of benzene rings is 3. The molecule has 2 heterocycles. The lowest BCUT2D eigenvalue weighted by Crippen LogP contribution is -2.55. The first kappa shape index (κ1) is 23.4. The van der Waals surface area contributed by atoms with Crippen LogP contribution in [-0.4, -0.2) is 36.0 Å². The zero-order valence-corrected chi connectivity index (χ0v) is 20.5. The number of ether oxygens (including phenoxy) is 1. The summed E-state index contributed by atoms with van der Waals surface area (Å²) in [7, 11) is 0. The van der Waals surface area contributed by atoms with Gasteiger partial charge in [0.25, 0.3) is 0 Å². The van der Waals surface area contributed by atoms with Crippen molar-refractivity contribution in [1.29, 1.82) is 0 Å². The summed E-state index contributed by atoms with van der Waals surface area (Å²) in [6.45, 7) is 3.18. The second-order valence-corrected chi connectivity index (χ2v) is 9.64. The molecule has 3 N–H and O–H groups in total. The zero-order valence-electron chi connectivity index (χ0n) is 19.7. The van der Waals surface area contributed by atoms with Crippen LogP contribution in [0.4, 0.5) is 11.4 Å². The van der Waals surface area contributed by atoms with Crippen molar-refractivity contribution in [3.63, 3.8) is 0 Å². The van der Waals surface area contributed by atoms with Crippen LogP contribution >= 0.6 is 11.6 Å². The highest BCUT2D eigenvalue weighted by molar-refractivity contribution is 6.34. The highest BCUT2D eigenvalue weighted by Gasteiger charge is 2.41. The Bertz CT molecular complexity index is 1240. The molecular formula is C28H29ClN4O2. The third-order valence-electron chi connectivity index (χ3n) is 6.78. The molecule has 0 bridgehead atoms. The number of amides is 1. The Morgan fingerprint density at radius 3 is 2.37 bits per heavy atom. The van der Waals surface area contributed by atoms with Gasteiger partial charge in [-0.3, -0.25) is 9.69 Å². The number of rotatable bonds is 5. The van der Waals surface area contributed by atoms with Gasteiger partial charge in [-0.05, 0) is 49.1 Å². The van der Waals surface area contributed by atoms with Crippen molar-refractivity contribution in [1.82, 2.24) is 4.90 Å². The van der Waals surface area contributed by atoms with E-state index in [9.17, 15) is 4.79 Å². The quantitative estimate of drug-likeness (QED) is 0.483. The second-order valence-electron chi connectivity index (χ2n) is 9.26. The Balaban J connectivity index is 1.39. The summed E-state index contributed by atoms with van der Waals surface area (Å²) < 4.78 is 5.43. The average Bonchev–Trinajstić information content (AvgIpc) is 2.86.